The maximum atomic E-state index is 13.5. The lowest BCUT2D eigenvalue weighted by Gasteiger charge is -2.36. The van der Waals surface area contributed by atoms with Crippen LogP contribution in [0.1, 0.15) is 61.4 Å². The molecular weight excluding hydrogens is 571 g/mol. The van der Waals surface area contributed by atoms with Gasteiger partial charge in [0, 0.05) is 26.1 Å². The van der Waals surface area contributed by atoms with Gasteiger partial charge in [-0.2, -0.15) is 39.5 Å². The molecule has 0 saturated heterocycles. The molecular formula is C27H27F9N2O3. The van der Waals surface area contributed by atoms with Gasteiger partial charge in [-0.05, 0) is 74.6 Å². The van der Waals surface area contributed by atoms with Crippen LogP contribution in [0.2, 0.25) is 0 Å². The largest absolute Gasteiger partial charge is 0.446 e. The highest BCUT2D eigenvalue weighted by Crippen LogP contribution is 2.38. The number of rotatable bonds is 4. The molecule has 3 rings (SSSR count). The molecule has 1 aliphatic heterocycles. The molecule has 5 nitrogen and oxygen atoms in total. The number of benzene rings is 2. The lowest BCUT2D eigenvalue weighted by Crippen LogP contribution is -2.43. The third-order valence-electron chi connectivity index (χ3n) is 6.48. The number of halogens is 9. The van der Waals surface area contributed by atoms with E-state index in [4.69, 9.17) is 4.74 Å². The number of carbonyl (C=O) groups is 2. The van der Waals surface area contributed by atoms with Crippen molar-refractivity contribution in [1.82, 2.24) is 4.90 Å². The van der Waals surface area contributed by atoms with Gasteiger partial charge in [0.2, 0.25) is 5.91 Å². The average molecular weight is 599 g/mol. The maximum absolute atomic E-state index is 13.5. The predicted molar refractivity (Wildman–Crippen MR) is 130 cm³/mol. The third kappa shape index (κ3) is 8.07. The Bertz CT molecular complexity index is 1240. The molecule has 0 aliphatic carbocycles. The van der Waals surface area contributed by atoms with E-state index in [9.17, 15) is 49.1 Å². The molecule has 1 atom stereocenters. The van der Waals surface area contributed by atoms with Crippen LogP contribution in [-0.2, 0) is 41.0 Å². The van der Waals surface area contributed by atoms with Gasteiger partial charge in [0.05, 0.1) is 28.5 Å². The van der Waals surface area contributed by atoms with Crippen molar-refractivity contribution in [2.24, 2.45) is 0 Å². The first-order valence-electron chi connectivity index (χ1n) is 12.5. The third-order valence-corrected chi connectivity index (χ3v) is 6.48. The Hall–Kier alpha value is -3.45. The highest BCUT2D eigenvalue weighted by molar-refractivity contribution is 5.89. The quantitative estimate of drug-likeness (QED) is 0.337. The second-order valence-electron chi connectivity index (χ2n) is 9.99. The van der Waals surface area contributed by atoms with Gasteiger partial charge in [0.15, 0.2) is 0 Å². The minimum atomic E-state index is -5.08. The first-order chi connectivity index (χ1) is 18.8. The van der Waals surface area contributed by atoms with E-state index in [2.05, 4.69) is 0 Å². The molecule has 0 bridgehead atoms. The fourth-order valence-corrected chi connectivity index (χ4v) is 4.65. The Morgan fingerprint density at radius 1 is 0.902 bits per heavy atom. The highest BCUT2D eigenvalue weighted by Gasteiger charge is 2.38. The maximum Gasteiger partial charge on any atom is 0.416 e. The molecule has 0 spiro atoms. The van der Waals surface area contributed by atoms with Gasteiger partial charge in [-0.3, -0.25) is 9.69 Å². The average Bonchev–Trinajstić information content (AvgIpc) is 2.80. The summed E-state index contributed by atoms with van der Waals surface area (Å²) in [6.07, 6.45) is -16.2. The topological polar surface area (TPSA) is 49.9 Å². The normalized spacial score (nSPS) is 16.6. The van der Waals surface area contributed by atoms with Crippen molar-refractivity contribution in [3.8, 4) is 0 Å². The summed E-state index contributed by atoms with van der Waals surface area (Å²) in [6, 6.07) is 2.94. The van der Waals surface area contributed by atoms with Gasteiger partial charge >= 0.3 is 24.6 Å². The van der Waals surface area contributed by atoms with Crippen LogP contribution in [0.5, 0.6) is 0 Å². The first-order valence-corrected chi connectivity index (χ1v) is 12.5. The van der Waals surface area contributed by atoms with Crippen LogP contribution in [0.25, 0.3) is 0 Å². The second kappa shape index (κ2) is 11.8. The summed E-state index contributed by atoms with van der Waals surface area (Å²) in [5, 5.41) is 0. The zero-order chi connectivity index (χ0) is 30.9. The molecule has 1 aliphatic rings. The number of fused-ring (bicyclic) bond motifs is 1. The Kier molecular flexibility index (Phi) is 9.23. The molecule has 2 aromatic rings. The molecule has 41 heavy (non-hydrogen) atoms. The zero-order valence-electron chi connectivity index (χ0n) is 22.2. The molecule has 0 saturated carbocycles. The molecule has 2 amide bonds. The van der Waals surface area contributed by atoms with Gasteiger partial charge in [-0.25, -0.2) is 4.79 Å². The summed E-state index contributed by atoms with van der Waals surface area (Å²) in [4.78, 5) is 27.6. The number of hydrogen-bond acceptors (Lipinski definition) is 3. The smallest absolute Gasteiger partial charge is 0.416 e. The van der Waals surface area contributed by atoms with Gasteiger partial charge in [-0.1, -0.05) is 6.07 Å². The second-order valence-corrected chi connectivity index (χ2v) is 9.99. The lowest BCUT2D eigenvalue weighted by atomic mass is 9.94. The van der Waals surface area contributed by atoms with Gasteiger partial charge in [0.25, 0.3) is 0 Å². The Balaban J connectivity index is 2.04. The van der Waals surface area contributed by atoms with E-state index in [1.54, 1.807) is 13.8 Å². The number of carbonyl (C=O) groups excluding carboxylic acids is 2. The van der Waals surface area contributed by atoms with E-state index in [0.29, 0.717) is 12.1 Å². The fraction of sp³-hybridized carbons (Fsp3) is 0.481. The summed E-state index contributed by atoms with van der Waals surface area (Å²) >= 11 is 0. The summed E-state index contributed by atoms with van der Waals surface area (Å²) < 4.78 is 126. The zero-order valence-corrected chi connectivity index (χ0v) is 22.2. The number of ether oxygens (including phenoxy) is 1. The Morgan fingerprint density at radius 2 is 1.46 bits per heavy atom. The number of amides is 2. The fourth-order valence-electron chi connectivity index (χ4n) is 4.65. The Morgan fingerprint density at radius 3 is 1.95 bits per heavy atom. The van der Waals surface area contributed by atoms with E-state index in [-0.39, 0.29) is 43.1 Å². The molecule has 226 valence electrons. The van der Waals surface area contributed by atoms with Crippen LogP contribution in [0.15, 0.2) is 36.4 Å². The molecule has 0 aromatic heterocycles. The van der Waals surface area contributed by atoms with E-state index >= 15 is 0 Å². The number of anilines is 1. The minimum absolute atomic E-state index is 0.0171. The van der Waals surface area contributed by atoms with Crippen LogP contribution in [0.3, 0.4) is 0 Å². The van der Waals surface area contributed by atoms with Crippen molar-refractivity contribution >= 4 is 17.7 Å². The van der Waals surface area contributed by atoms with Gasteiger partial charge in [-0.15, -0.1) is 0 Å². The van der Waals surface area contributed by atoms with Crippen LogP contribution in [0.4, 0.5) is 50.0 Å². The van der Waals surface area contributed by atoms with E-state index in [1.807, 2.05) is 0 Å². The molecule has 1 unspecified atom stereocenters. The van der Waals surface area contributed by atoms with Crippen molar-refractivity contribution in [1.29, 1.82) is 0 Å². The monoisotopic (exact) mass is 598 g/mol. The number of hydrogen-bond donors (Lipinski definition) is 0. The van der Waals surface area contributed by atoms with Crippen LogP contribution in [0, 0.1) is 0 Å². The summed E-state index contributed by atoms with van der Waals surface area (Å²) in [7, 11) is 0. The molecule has 1 heterocycles. The van der Waals surface area contributed by atoms with Gasteiger partial charge < -0.3 is 9.64 Å². The summed E-state index contributed by atoms with van der Waals surface area (Å²) in [5.41, 5.74) is -4.42. The molecule has 0 radical (unpaired) electrons. The number of alkyl halides is 9. The lowest BCUT2D eigenvalue weighted by molar-refractivity contribution is -0.143. The van der Waals surface area contributed by atoms with E-state index < -0.39 is 71.5 Å². The number of nitrogens with zero attached hydrogens (tertiary/aromatic N) is 2. The van der Waals surface area contributed by atoms with Gasteiger partial charge in [0.1, 0.15) is 0 Å². The molecule has 0 fully saturated rings. The van der Waals surface area contributed by atoms with E-state index in [0.717, 1.165) is 34.9 Å². The molecule has 14 heteroatoms. The Labute approximate surface area is 229 Å². The van der Waals surface area contributed by atoms with Crippen LogP contribution in [-0.4, -0.2) is 35.6 Å². The standard InChI is InChI=1S/C27H27F9N2O3/c1-15(2)41-24(40)37-8-4-5-22(11-18-6-7-19(13-23(18)37)25(28,29)30)38(16(3)39)14-17-9-20(26(31,32)33)12-21(10-17)27(34,35)36/h6-7,9-10,12-13,15,22H,4-5,8,11,14H2,1-3H3. The van der Waals surface area contributed by atoms with Crippen molar-refractivity contribution in [2.75, 3.05) is 11.4 Å². The van der Waals surface area contributed by atoms with Crippen LogP contribution < -0.4 is 4.90 Å². The van der Waals surface area contributed by atoms with Crippen molar-refractivity contribution in [3.63, 3.8) is 0 Å². The molecule has 2 aromatic carbocycles. The SMILES string of the molecule is CC(=O)N(Cc1cc(C(F)(F)F)cc(C(F)(F)F)c1)C1CCCN(C(=O)OC(C)C)c2cc(C(F)(F)F)ccc2C1. The first kappa shape index (κ1) is 32.1. The minimum Gasteiger partial charge on any atom is -0.446 e. The molecule has 0 N–H and O–H groups in total. The predicted octanol–water partition coefficient (Wildman–Crippen LogP) is 7.85. The van der Waals surface area contributed by atoms with Crippen molar-refractivity contribution < 1.29 is 53.8 Å². The van der Waals surface area contributed by atoms with Crippen LogP contribution >= 0.6 is 0 Å². The van der Waals surface area contributed by atoms with Crippen molar-refractivity contribution in [2.45, 2.75) is 77.3 Å². The van der Waals surface area contributed by atoms with Crippen molar-refractivity contribution in [3.05, 3.63) is 64.2 Å². The van der Waals surface area contributed by atoms with E-state index in [1.165, 1.54) is 0 Å². The highest BCUT2D eigenvalue weighted by atomic mass is 19.4. The summed E-state index contributed by atoms with van der Waals surface area (Å²) in [6.45, 7) is 3.50. The summed E-state index contributed by atoms with van der Waals surface area (Å²) in [5.74, 6) is -0.661.